The minimum Gasteiger partial charge on any atom is -0.508 e. The van der Waals surface area contributed by atoms with Gasteiger partial charge < -0.3 is 15.2 Å². The third-order valence-electron chi connectivity index (χ3n) is 3.16. The van der Waals surface area contributed by atoms with Crippen molar-refractivity contribution in [2.75, 3.05) is 12.4 Å². The number of para-hydroxylation sites is 1. The Kier molecular flexibility index (Phi) is 4.42. The number of phenolic OH excluding ortho intramolecular Hbond substituents is 1. The molecule has 1 unspecified atom stereocenters. The van der Waals surface area contributed by atoms with Gasteiger partial charge in [0.15, 0.2) is 0 Å². The zero-order valence-electron chi connectivity index (χ0n) is 11.8. The predicted molar refractivity (Wildman–Crippen MR) is 77.9 cm³/mol. The number of carbonyl (C=O) groups excluding carboxylic acids is 1. The van der Waals surface area contributed by atoms with Gasteiger partial charge in [0.05, 0.1) is 24.4 Å². The summed E-state index contributed by atoms with van der Waals surface area (Å²) in [5, 5.41) is 12.9. The minimum atomic E-state index is -0.554. The zero-order valence-corrected chi connectivity index (χ0v) is 11.8. The zero-order chi connectivity index (χ0) is 15.4. The number of anilines is 1. The number of hydrogen-bond donors (Lipinski definition) is 2. The average Bonchev–Trinajstić information content (AvgIpc) is 2.47. The van der Waals surface area contributed by atoms with E-state index in [2.05, 4.69) is 10.1 Å². The summed E-state index contributed by atoms with van der Waals surface area (Å²) in [6.07, 6.45) is 0. The third kappa shape index (κ3) is 3.31. The van der Waals surface area contributed by atoms with Crippen molar-refractivity contribution in [1.82, 2.24) is 0 Å². The number of aromatic hydroxyl groups is 1. The molecule has 0 aliphatic carbocycles. The van der Waals surface area contributed by atoms with Gasteiger partial charge in [0.2, 0.25) is 0 Å². The van der Waals surface area contributed by atoms with Crippen molar-refractivity contribution in [2.24, 2.45) is 0 Å². The normalized spacial score (nSPS) is 11.8. The lowest BCUT2D eigenvalue weighted by Crippen LogP contribution is -2.12. The highest BCUT2D eigenvalue weighted by Crippen LogP contribution is 2.28. The number of rotatable bonds is 4. The Balaban J connectivity index is 2.32. The smallest absolute Gasteiger partial charge is 0.339 e. The SMILES string of the molecule is COC(=O)c1ccc(F)cc1NC(C)c1ccccc1O. The Morgan fingerprint density at radius 3 is 2.67 bits per heavy atom. The molecule has 21 heavy (non-hydrogen) atoms. The second-order valence-electron chi connectivity index (χ2n) is 4.61. The highest BCUT2D eigenvalue weighted by atomic mass is 19.1. The fourth-order valence-electron chi connectivity index (χ4n) is 2.09. The fourth-order valence-corrected chi connectivity index (χ4v) is 2.09. The summed E-state index contributed by atoms with van der Waals surface area (Å²) >= 11 is 0. The number of methoxy groups -OCH3 is 1. The van der Waals surface area contributed by atoms with Crippen molar-refractivity contribution in [1.29, 1.82) is 0 Å². The van der Waals surface area contributed by atoms with Gasteiger partial charge in [-0.3, -0.25) is 0 Å². The maximum atomic E-state index is 13.4. The molecule has 2 N–H and O–H groups in total. The number of hydrogen-bond acceptors (Lipinski definition) is 4. The molecule has 0 spiro atoms. The van der Waals surface area contributed by atoms with Crippen LogP contribution >= 0.6 is 0 Å². The van der Waals surface area contributed by atoms with Crippen LogP contribution in [0.1, 0.15) is 28.9 Å². The molecule has 4 nitrogen and oxygen atoms in total. The van der Waals surface area contributed by atoms with E-state index in [1.807, 2.05) is 0 Å². The molecule has 0 saturated carbocycles. The quantitative estimate of drug-likeness (QED) is 0.846. The largest absolute Gasteiger partial charge is 0.508 e. The van der Waals surface area contributed by atoms with Crippen LogP contribution in [0.25, 0.3) is 0 Å². The third-order valence-corrected chi connectivity index (χ3v) is 3.16. The van der Waals surface area contributed by atoms with Crippen LogP contribution in [0.4, 0.5) is 10.1 Å². The van der Waals surface area contributed by atoms with Gasteiger partial charge in [-0.2, -0.15) is 0 Å². The first-order valence-corrected chi connectivity index (χ1v) is 6.45. The molecule has 0 amide bonds. The van der Waals surface area contributed by atoms with Gasteiger partial charge >= 0.3 is 5.97 Å². The van der Waals surface area contributed by atoms with E-state index in [0.717, 1.165) is 0 Å². The van der Waals surface area contributed by atoms with Gasteiger partial charge in [-0.15, -0.1) is 0 Å². The van der Waals surface area contributed by atoms with Gasteiger partial charge in [0.1, 0.15) is 11.6 Å². The number of ether oxygens (including phenoxy) is 1. The number of esters is 1. The van der Waals surface area contributed by atoms with Crippen LogP contribution in [0.5, 0.6) is 5.75 Å². The van der Waals surface area contributed by atoms with Crippen LogP contribution in [-0.2, 0) is 4.74 Å². The van der Waals surface area contributed by atoms with Crippen molar-refractivity contribution in [2.45, 2.75) is 13.0 Å². The number of carbonyl (C=O) groups is 1. The van der Waals surface area contributed by atoms with Crippen LogP contribution in [0, 0.1) is 5.82 Å². The molecule has 0 fully saturated rings. The molecule has 0 saturated heterocycles. The summed E-state index contributed by atoms with van der Waals surface area (Å²) in [4.78, 5) is 11.7. The van der Waals surface area contributed by atoms with Crippen LogP contribution in [0.15, 0.2) is 42.5 Å². The first-order valence-electron chi connectivity index (χ1n) is 6.45. The second-order valence-corrected chi connectivity index (χ2v) is 4.61. The van der Waals surface area contributed by atoms with E-state index in [1.54, 1.807) is 31.2 Å². The van der Waals surface area contributed by atoms with E-state index >= 15 is 0 Å². The average molecular weight is 289 g/mol. The van der Waals surface area contributed by atoms with Crippen molar-refractivity contribution in [3.05, 3.63) is 59.4 Å². The van der Waals surface area contributed by atoms with Crippen LogP contribution in [0.3, 0.4) is 0 Å². The van der Waals surface area contributed by atoms with E-state index in [0.29, 0.717) is 11.3 Å². The summed E-state index contributed by atoms with van der Waals surface area (Å²) < 4.78 is 18.1. The summed E-state index contributed by atoms with van der Waals surface area (Å²) in [7, 11) is 1.27. The topological polar surface area (TPSA) is 58.6 Å². The van der Waals surface area contributed by atoms with E-state index < -0.39 is 11.8 Å². The Labute approximate surface area is 122 Å². The van der Waals surface area contributed by atoms with E-state index in [1.165, 1.54) is 25.3 Å². The van der Waals surface area contributed by atoms with Crippen molar-refractivity contribution >= 4 is 11.7 Å². The van der Waals surface area contributed by atoms with Gasteiger partial charge in [-0.25, -0.2) is 9.18 Å². The molecule has 5 heteroatoms. The van der Waals surface area contributed by atoms with Crippen molar-refractivity contribution in [3.8, 4) is 5.75 Å². The molecule has 0 bridgehead atoms. The molecule has 0 radical (unpaired) electrons. The van der Waals surface area contributed by atoms with Crippen LogP contribution in [0.2, 0.25) is 0 Å². The number of halogens is 1. The lowest BCUT2D eigenvalue weighted by atomic mass is 10.1. The highest BCUT2D eigenvalue weighted by molar-refractivity contribution is 5.95. The lowest BCUT2D eigenvalue weighted by Gasteiger charge is -2.18. The predicted octanol–water partition coefficient (Wildman–Crippen LogP) is 3.49. The van der Waals surface area contributed by atoms with Gasteiger partial charge in [-0.1, -0.05) is 18.2 Å². The Morgan fingerprint density at radius 2 is 2.00 bits per heavy atom. The molecule has 0 aliphatic heterocycles. The maximum Gasteiger partial charge on any atom is 0.339 e. The van der Waals surface area contributed by atoms with E-state index in [4.69, 9.17) is 0 Å². The van der Waals surface area contributed by atoms with Crippen LogP contribution < -0.4 is 5.32 Å². The highest BCUT2D eigenvalue weighted by Gasteiger charge is 2.16. The first kappa shape index (κ1) is 14.8. The molecular weight excluding hydrogens is 273 g/mol. The second kappa shape index (κ2) is 6.26. The van der Waals surface area contributed by atoms with Gasteiger partial charge in [-0.05, 0) is 31.2 Å². The van der Waals surface area contributed by atoms with E-state index in [-0.39, 0.29) is 17.4 Å². The molecule has 2 rings (SSSR count). The summed E-state index contributed by atoms with van der Waals surface area (Å²) in [5.74, 6) is -0.884. The Hall–Kier alpha value is -2.56. The molecule has 0 heterocycles. The Morgan fingerprint density at radius 1 is 1.29 bits per heavy atom. The summed E-state index contributed by atoms with van der Waals surface area (Å²) in [6, 6.07) is 10.3. The van der Waals surface area contributed by atoms with E-state index in [9.17, 15) is 14.3 Å². The van der Waals surface area contributed by atoms with Crippen molar-refractivity contribution < 1.29 is 19.0 Å². The summed E-state index contributed by atoms with van der Waals surface area (Å²) in [6.45, 7) is 1.81. The molecule has 0 aliphatic rings. The van der Waals surface area contributed by atoms with Crippen molar-refractivity contribution in [3.63, 3.8) is 0 Å². The first-order chi connectivity index (χ1) is 10.0. The summed E-state index contributed by atoms with van der Waals surface area (Å²) in [5.41, 5.74) is 1.20. The van der Waals surface area contributed by atoms with Crippen LogP contribution in [-0.4, -0.2) is 18.2 Å². The lowest BCUT2D eigenvalue weighted by molar-refractivity contribution is 0.0601. The molecule has 0 aromatic heterocycles. The molecule has 110 valence electrons. The molecule has 2 aromatic carbocycles. The molecule has 2 aromatic rings. The number of benzene rings is 2. The fraction of sp³-hybridized carbons (Fsp3) is 0.188. The molecular formula is C16H16FNO3. The maximum absolute atomic E-state index is 13.4. The Bertz CT molecular complexity index is 658. The van der Waals surface area contributed by atoms with Gasteiger partial charge in [0, 0.05) is 5.56 Å². The minimum absolute atomic E-state index is 0.133. The number of phenols is 1. The van der Waals surface area contributed by atoms with Gasteiger partial charge in [0.25, 0.3) is 0 Å². The molecule has 1 atom stereocenters. The monoisotopic (exact) mass is 289 g/mol. The standard InChI is InChI=1S/C16H16FNO3/c1-10(12-5-3-4-6-15(12)19)18-14-9-11(17)7-8-13(14)16(20)21-2/h3-10,18-19H,1-2H3. The number of nitrogens with one attached hydrogen (secondary N) is 1.